The minimum atomic E-state index is -3.65. The van der Waals surface area contributed by atoms with E-state index in [-0.39, 0.29) is 23.9 Å². The number of aryl methyl sites for hydroxylation is 1. The Morgan fingerprint density at radius 2 is 2.08 bits per heavy atom. The first kappa shape index (κ1) is 18.4. The Morgan fingerprint density at radius 1 is 1.38 bits per heavy atom. The van der Waals surface area contributed by atoms with Crippen LogP contribution in [0.1, 0.15) is 35.7 Å². The van der Waals surface area contributed by atoms with Crippen LogP contribution in [-0.2, 0) is 14.8 Å². The first-order chi connectivity index (χ1) is 11.3. The van der Waals surface area contributed by atoms with Gasteiger partial charge in [0.05, 0.1) is 10.8 Å². The molecule has 7 nitrogen and oxygen atoms in total. The van der Waals surface area contributed by atoms with Gasteiger partial charge >= 0.3 is 5.97 Å². The average Bonchev–Trinajstić information content (AvgIpc) is 2.54. The third-order valence-corrected chi connectivity index (χ3v) is 5.69. The average molecular weight is 354 g/mol. The summed E-state index contributed by atoms with van der Waals surface area (Å²) in [5.74, 6) is -1.81. The van der Waals surface area contributed by atoms with Crippen LogP contribution in [0, 0.1) is 12.8 Å². The minimum Gasteiger partial charge on any atom is -0.481 e. The van der Waals surface area contributed by atoms with Crippen molar-refractivity contribution in [1.82, 2.24) is 9.62 Å². The minimum absolute atomic E-state index is 0.0325. The monoisotopic (exact) mass is 354 g/mol. The van der Waals surface area contributed by atoms with Crippen molar-refractivity contribution in [3.8, 4) is 0 Å². The van der Waals surface area contributed by atoms with Crippen LogP contribution < -0.4 is 4.72 Å². The normalized spacial score (nSPS) is 18.4. The highest BCUT2D eigenvalue weighted by Crippen LogP contribution is 2.22. The Labute approximate surface area is 141 Å². The summed E-state index contributed by atoms with van der Waals surface area (Å²) in [4.78, 5) is 25.4. The molecule has 8 heteroatoms. The van der Waals surface area contributed by atoms with Crippen molar-refractivity contribution in [3.63, 3.8) is 0 Å². The fourth-order valence-corrected chi connectivity index (χ4v) is 3.87. The molecule has 0 spiro atoms. The van der Waals surface area contributed by atoms with Gasteiger partial charge in [-0.25, -0.2) is 13.1 Å². The topological polar surface area (TPSA) is 104 Å². The fraction of sp³-hybridized carbons (Fsp3) is 0.500. The van der Waals surface area contributed by atoms with Crippen molar-refractivity contribution in [1.29, 1.82) is 0 Å². The number of amides is 1. The Morgan fingerprint density at radius 3 is 2.71 bits per heavy atom. The van der Waals surface area contributed by atoms with Crippen LogP contribution in [0.5, 0.6) is 0 Å². The van der Waals surface area contributed by atoms with E-state index in [0.717, 1.165) is 0 Å². The maximum absolute atomic E-state index is 12.7. The molecule has 1 aromatic carbocycles. The van der Waals surface area contributed by atoms with E-state index in [1.807, 2.05) is 0 Å². The molecule has 0 aromatic heterocycles. The molecule has 1 aliphatic rings. The fourth-order valence-electron chi connectivity index (χ4n) is 2.81. The van der Waals surface area contributed by atoms with Crippen molar-refractivity contribution in [2.75, 3.05) is 19.6 Å². The van der Waals surface area contributed by atoms with Gasteiger partial charge in [0.15, 0.2) is 0 Å². The number of aliphatic carboxylic acids is 1. The Balaban J connectivity index is 2.30. The first-order valence-electron chi connectivity index (χ1n) is 7.88. The van der Waals surface area contributed by atoms with Crippen molar-refractivity contribution in [2.24, 2.45) is 5.92 Å². The number of nitrogens with zero attached hydrogens (tertiary/aromatic N) is 1. The lowest BCUT2D eigenvalue weighted by Crippen LogP contribution is -2.42. The molecule has 2 rings (SSSR count). The Kier molecular flexibility index (Phi) is 5.61. The van der Waals surface area contributed by atoms with Gasteiger partial charge in [-0.1, -0.05) is 13.0 Å². The van der Waals surface area contributed by atoms with E-state index < -0.39 is 21.9 Å². The number of carboxylic acids is 1. The standard InChI is InChI=1S/C16H22N2O5S/c1-3-17-24(22,23)13-7-6-11(2)14(9-13)15(19)18-8-4-5-12(10-18)16(20)21/h6-7,9,12,17H,3-5,8,10H2,1-2H3,(H,20,21). The quantitative estimate of drug-likeness (QED) is 0.828. The van der Waals surface area contributed by atoms with Gasteiger partial charge in [-0.2, -0.15) is 0 Å². The molecular weight excluding hydrogens is 332 g/mol. The highest BCUT2D eigenvalue weighted by molar-refractivity contribution is 7.89. The summed E-state index contributed by atoms with van der Waals surface area (Å²) in [6, 6.07) is 4.41. The molecule has 0 aliphatic carbocycles. The smallest absolute Gasteiger partial charge is 0.308 e. The SMILES string of the molecule is CCNS(=O)(=O)c1ccc(C)c(C(=O)N2CCCC(C(=O)O)C2)c1. The highest BCUT2D eigenvalue weighted by Gasteiger charge is 2.29. The first-order valence-corrected chi connectivity index (χ1v) is 9.37. The number of carbonyl (C=O) groups is 2. The zero-order chi connectivity index (χ0) is 17.9. The van der Waals surface area contributed by atoms with Crippen LogP contribution in [0.4, 0.5) is 0 Å². The largest absolute Gasteiger partial charge is 0.481 e. The molecule has 24 heavy (non-hydrogen) atoms. The number of nitrogens with one attached hydrogen (secondary N) is 1. The van der Waals surface area contributed by atoms with E-state index in [1.165, 1.54) is 17.0 Å². The van der Waals surface area contributed by atoms with Crippen LogP contribution in [-0.4, -0.2) is 49.9 Å². The van der Waals surface area contributed by atoms with Crippen LogP contribution >= 0.6 is 0 Å². The van der Waals surface area contributed by atoms with E-state index in [1.54, 1.807) is 19.9 Å². The molecular formula is C16H22N2O5S. The van der Waals surface area contributed by atoms with E-state index in [9.17, 15) is 18.0 Å². The predicted molar refractivity (Wildman–Crippen MR) is 88.3 cm³/mol. The summed E-state index contributed by atoms with van der Waals surface area (Å²) in [5.41, 5.74) is 0.952. The summed E-state index contributed by atoms with van der Waals surface area (Å²) in [7, 11) is -3.65. The number of benzene rings is 1. The van der Waals surface area contributed by atoms with E-state index in [4.69, 9.17) is 5.11 Å². The van der Waals surface area contributed by atoms with Gasteiger partial charge in [0.1, 0.15) is 0 Å². The third-order valence-electron chi connectivity index (χ3n) is 4.14. The van der Waals surface area contributed by atoms with E-state index in [2.05, 4.69) is 4.72 Å². The molecule has 1 heterocycles. The van der Waals surface area contributed by atoms with Gasteiger partial charge in [0.25, 0.3) is 5.91 Å². The molecule has 1 fully saturated rings. The summed E-state index contributed by atoms with van der Waals surface area (Å²) in [6.45, 7) is 4.29. The van der Waals surface area contributed by atoms with E-state index in [0.29, 0.717) is 30.5 Å². The van der Waals surface area contributed by atoms with Crippen molar-refractivity contribution in [2.45, 2.75) is 31.6 Å². The predicted octanol–water partition coefficient (Wildman–Crippen LogP) is 1.23. The molecule has 1 aromatic rings. The van der Waals surface area contributed by atoms with Crippen LogP contribution in [0.15, 0.2) is 23.1 Å². The lowest BCUT2D eigenvalue weighted by Gasteiger charge is -2.31. The number of carboxylic acid groups (broad SMARTS) is 1. The molecule has 132 valence electrons. The number of hydrogen-bond acceptors (Lipinski definition) is 4. The third kappa shape index (κ3) is 3.93. The van der Waals surface area contributed by atoms with Gasteiger partial charge in [-0.15, -0.1) is 0 Å². The second-order valence-corrected chi connectivity index (χ2v) is 7.67. The number of carbonyl (C=O) groups excluding carboxylic acids is 1. The summed E-state index contributed by atoms with van der Waals surface area (Å²) in [5, 5.41) is 9.15. The molecule has 2 N–H and O–H groups in total. The van der Waals surface area contributed by atoms with Crippen LogP contribution in [0.2, 0.25) is 0 Å². The second kappa shape index (κ2) is 7.31. The van der Waals surface area contributed by atoms with Crippen molar-refractivity contribution in [3.05, 3.63) is 29.3 Å². The number of rotatable bonds is 5. The summed E-state index contributed by atoms with van der Waals surface area (Å²) >= 11 is 0. The van der Waals surface area contributed by atoms with Gasteiger partial charge in [-0.05, 0) is 37.5 Å². The molecule has 1 saturated heterocycles. The van der Waals surface area contributed by atoms with Gasteiger partial charge in [-0.3, -0.25) is 9.59 Å². The second-order valence-electron chi connectivity index (χ2n) is 5.91. The van der Waals surface area contributed by atoms with Crippen LogP contribution in [0.3, 0.4) is 0 Å². The Bertz CT molecular complexity index is 745. The van der Waals surface area contributed by atoms with Gasteiger partial charge in [0.2, 0.25) is 10.0 Å². The zero-order valence-corrected chi connectivity index (χ0v) is 14.6. The lowest BCUT2D eigenvalue weighted by molar-refractivity contribution is -0.143. The molecule has 0 bridgehead atoms. The summed E-state index contributed by atoms with van der Waals surface area (Å²) < 4.78 is 26.6. The Hall–Kier alpha value is -1.93. The molecule has 1 amide bonds. The number of sulfonamides is 1. The summed E-state index contributed by atoms with van der Waals surface area (Å²) in [6.07, 6.45) is 1.17. The van der Waals surface area contributed by atoms with Crippen molar-refractivity contribution >= 4 is 21.9 Å². The number of piperidine rings is 1. The maximum atomic E-state index is 12.7. The molecule has 0 saturated carbocycles. The van der Waals surface area contributed by atoms with Gasteiger partial charge < -0.3 is 10.0 Å². The molecule has 0 radical (unpaired) electrons. The highest BCUT2D eigenvalue weighted by atomic mass is 32.2. The number of hydrogen-bond donors (Lipinski definition) is 2. The van der Waals surface area contributed by atoms with Crippen LogP contribution in [0.25, 0.3) is 0 Å². The molecule has 1 aliphatic heterocycles. The van der Waals surface area contributed by atoms with E-state index >= 15 is 0 Å². The zero-order valence-electron chi connectivity index (χ0n) is 13.8. The van der Waals surface area contributed by atoms with Gasteiger partial charge in [0, 0.05) is 25.2 Å². The lowest BCUT2D eigenvalue weighted by atomic mass is 9.97. The molecule has 1 unspecified atom stereocenters. The number of likely N-dealkylation sites (tertiary alicyclic amines) is 1. The molecule has 1 atom stereocenters. The maximum Gasteiger partial charge on any atom is 0.308 e. The van der Waals surface area contributed by atoms with Crippen molar-refractivity contribution < 1.29 is 23.1 Å².